The van der Waals surface area contributed by atoms with Gasteiger partial charge in [0.15, 0.2) is 0 Å². The topological polar surface area (TPSA) is 48.7 Å². The van der Waals surface area contributed by atoms with Crippen molar-refractivity contribution in [3.8, 4) is 17.3 Å². The summed E-state index contributed by atoms with van der Waals surface area (Å²) in [6, 6.07) is 18.0. The summed E-state index contributed by atoms with van der Waals surface area (Å²) in [5.41, 5.74) is 4.64. The maximum atomic E-state index is 9.49. The van der Waals surface area contributed by atoms with Crippen LogP contribution in [0.15, 0.2) is 60.1 Å². The van der Waals surface area contributed by atoms with Crippen molar-refractivity contribution in [1.82, 2.24) is 4.98 Å². The van der Waals surface area contributed by atoms with Crippen LogP contribution in [0.5, 0.6) is 0 Å². The zero-order chi connectivity index (χ0) is 19.2. The Morgan fingerprint density at radius 3 is 2.52 bits per heavy atom. The fraction of sp³-hybridized carbons (Fsp3) is 0.182. The SMILES string of the molecule is CC(C)Cc1ccc(-c2csc(/C(C#N)=C/Nc3ccc(Cl)cc3)n2)cc1. The fourth-order valence-corrected chi connectivity index (χ4v) is 3.58. The molecular weight excluding hydrogens is 374 g/mol. The van der Waals surface area contributed by atoms with Crippen LogP contribution in [0.25, 0.3) is 16.8 Å². The van der Waals surface area contributed by atoms with E-state index in [1.165, 1.54) is 16.9 Å². The van der Waals surface area contributed by atoms with Crippen molar-refractivity contribution in [2.75, 3.05) is 5.32 Å². The quantitative estimate of drug-likeness (QED) is 0.477. The van der Waals surface area contributed by atoms with Crippen LogP contribution in [0.4, 0.5) is 5.69 Å². The maximum absolute atomic E-state index is 9.49. The number of aromatic nitrogens is 1. The number of benzene rings is 2. The lowest BCUT2D eigenvalue weighted by Gasteiger charge is -2.05. The third kappa shape index (κ3) is 5.19. The first-order chi connectivity index (χ1) is 13.0. The molecule has 1 N–H and O–H groups in total. The molecule has 0 spiro atoms. The van der Waals surface area contributed by atoms with Gasteiger partial charge in [0.2, 0.25) is 0 Å². The number of hydrogen-bond donors (Lipinski definition) is 1. The van der Waals surface area contributed by atoms with E-state index in [1.54, 1.807) is 18.3 Å². The molecule has 1 heterocycles. The second kappa shape index (κ2) is 8.85. The molecule has 0 amide bonds. The van der Waals surface area contributed by atoms with Crippen LogP contribution >= 0.6 is 22.9 Å². The summed E-state index contributed by atoms with van der Waals surface area (Å²) < 4.78 is 0. The maximum Gasteiger partial charge on any atom is 0.136 e. The van der Waals surface area contributed by atoms with E-state index in [9.17, 15) is 5.26 Å². The summed E-state index contributed by atoms with van der Waals surface area (Å²) >= 11 is 7.36. The van der Waals surface area contributed by atoms with Gasteiger partial charge < -0.3 is 5.32 Å². The van der Waals surface area contributed by atoms with E-state index in [0.29, 0.717) is 21.5 Å². The van der Waals surface area contributed by atoms with E-state index < -0.39 is 0 Å². The fourth-order valence-electron chi connectivity index (χ4n) is 2.66. The van der Waals surface area contributed by atoms with Gasteiger partial charge in [0.25, 0.3) is 0 Å². The highest BCUT2D eigenvalue weighted by atomic mass is 35.5. The average Bonchev–Trinajstić information content (AvgIpc) is 3.14. The van der Waals surface area contributed by atoms with Crippen molar-refractivity contribution < 1.29 is 0 Å². The first-order valence-corrected chi connectivity index (χ1v) is 9.98. The standard InChI is InChI=1S/C22H20ClN3S/c1-15(2)11-16-3-5-17(6-4-16)21-14-27-22(26-21)18(12-24)13-25-20-9-7-19(23)8-10-20/h3-10,13-15,25H,11H2,1-2H3/b18-13+. The van der Waals surface area contributed by atoms with Crippen molar-refractivity contribution in [2.45, 2.75) is 20.3 Å². The van der Waals surface area contributed by atoms with Gasteiger partial charge in [-0.05, 0) is 42.2 Å². The van der Waals surface area contributed by atoms with E-state index in [2.05, 4.69) is 54.5 Å². The van der Waals surface area contributed by atoms with Crippen LogP contribution < -0.4 is 5.32 Å². The molecule has 136 valence electrons. The minimum Gasteiger partial charge on any atom is -0.360 e. The van der Waals surface area contributed by atoms with Gasteiger partial charge in [-0.15, -0.1) is 11.3 Å². The molecule has 0 aliphatic rings. The smallest absolute Gasteiger partial charge is 0.136 e. The molecule has 1 aromatic heterocycles. The highest BCUT2D eigenvalue weighted by Crippen LogP contribution is 2.27. The molecule has 3 aromatic rings. The monoisotopic (exact) mass is 393 g/mol. The highest BCUT2D eigenvalue weighted by molar-refractivity contribution is 7.11. The predicted octanol–water partition coefficient (Wildman–Crippen LogP) is 6.64. The summed E-state index contributed by atoms with van der Waals surface area (Å²) in [6.45, 7) is 4.43. The molecule has 27 heavy (non-hydrogen) atoms. The molecule has 0 saturated heterocycles. The average molecular weight is 394 g/mol. The molecular formula is C22H20ClN3S. The van der Waals surface area contributed by atoms with Crippen molar-refractivity contribution in [1.29, 1.82) is 5.26 Å². The largest absolute Gasteiger partial charge is 0.360 e. The van der Waals surface area contributed by atoms with Crippen LogP contribution in [-0.2, 0) is 6.42 Å². The van der Waals surface area contributed by atoms with Gasteiger partial charge in [0.05, 0.1) is 5.69 Å². The molecule has 0 unspecified atom stereocenters. The van der Waals surface area contributed by atoms with Crippen LogP contribution in [0.3, 0.4) is 0 Å². The molecule has 0 saturated carbocycles. The molecule has 0 radical (unpaired) electrons. The van der Waals surface area contributed by atoms with E-state index in [-0.39, 0.29) is 0 Å². The number of nitrogens with zero attached hydrogens (tertiary/aromatic N) is 2. The van der Waals surface area contributed by atoms with E-state index >= 15 is 0 Å². The van der Waals surface area contributed by atoms with Gasteiger partial charge in [-0.25, -0.2) is 4.98 Å². The Balaban J connectivity index is 1.75. The zero-order valence-electron chi connectivity index (χ0n) is 15.2. The lowest BCUT2D eigenvalue weighted by molar-refractivity contribution is 0.647. The lowest BCUT2D eigenvalue weighted by Crippen LogP contribution is -1.93. The van der Waals surface area contributed by atoms with E-state index in [4.69, 9.17) is 11.6 Å². The number of allylic oxidation sites excluding steroid dienone is 1. The normalized spacial score (nSPS) is 11.4. The number of anilines is 1. The van der Waals surface area contributed by atoms with Crippen LogP contribution in [0.2, 0.25) is 5.02 Å². The Labute approximate surface area is 169 Å². The molecule has 2 aromatic carbocycles. The number of halogens is 1. The second-order valence-corrected chi connectivity index (χ2v) is 7.95. The Bertz CT molecular complexity index is 964. The first kappa shape index (κ1) is 19.2. The molecule has 0 atom stereocenters. The number of thiazole rings is 1. The van der Waals surface area contributed by atoms with Crippen molar-refractivity contribution in [3.63, 3.8) is 0 Å². The lowest BCUT2D eigenvalue weighted by atomic mass is 10.0. The third-order valence-corrected chi connectivity index (χ3v) is 5.10. The highest BCUT2D eigenvalue weighted by Gasteiger charge is 2.09. The zero-order valence-corrected chi connectivity index (χ0v) is 16.8. The van der Waals surface area contributed by atoms with Crippen LogP contribution in [0.1, 0.15) is 24.4 Å². The van der Waals surface area contributed by atoms with Gasteiger partial charge >= 0.3 is 0 Å². The number of nitrogens with one attached hydrogen (secondary N) is 1. The molecule has 3 rings (SSSR count). The third-order valence-electron chi connectivity index (χ3n) is 3.98. The first-order valence-electron chi connectivity index (χ1n) is 8.72. The molecule has 5 heteroatoms. The summed E-state index contributed by atoms with van der Waals surface area (Å²) in [5.74, 6) is 0.637. The van der Waals surface area contributed by atoms with Crippen molar-refractivity contribution in [2.24, 2.45) is 5.92 Å². The molecule has 0 aliphatic carbocycles. The van der Waals surface area contributed by atoms with Gasteiger partial charge in [0.1, 0.15) is 16.6 Å². The minimum absolute atomic E-state index is 0.498. The van der Waals surface area contributed by atoms with E-state index in [0.717, 1.165) is 23.4 Å². The molecule has 3 nitrogen and oxygen atoms in total. The summed E-state index contributed by atoms with van der Waals surface area (Å²) in [6.07, 6.45) is 2.75. The number of rotatable bonds is 6. The summed E-state index contributed by atoms with van der Waals surface area (Å²) in [4.78, 5) is 4.64. The summed E-state index contributed by atoms with van der Waals surface area (Å²) in [7, 11) is 0. The van der Waals surface area contributed by atoms with Gasteiger partial charge in [-0.1, -0.05) is 49.7 Å². The van der Waals surface area contributed by atoms with E-state index in [1.807, 2.05) is 17.5 Å². The van der Waals surface area contributed by atoms with Crippen LogP contribution in [0, 0.1) is 17.2 Å². The Morgan fingerprint density at radius 2 is 1.89 bits per heavy atom. The Hall–Kier alpha value is -2.61. The molecule has 0 bridgehead atoms. The minimum atomic E-state index is 0.498. The van der Waals surface area contributed by atoms with Crippen molar-refractivity contribution in [3.05, 3.63) is 75.7 Å². The summed E-state index contributed by atoms with van der Waals surface area (Å²) in [5, 5.41) is 16.0. The molecule has 0 aliphatic heterocycles. The second-order valence-electron chi connectivity index (χ2n) is 6.65. The van der Waals surface area contributed by atoms with Gasteiger partial charge in [-0.3, -0.25) is 0 Å². The van der Waals surface area contributed by atoms with Crippen LogP contribution in [-0.4, -0.2) is 4.98 Å². The number of nitriles is 1. The van der Waals surface area contributed by atoms with Gasteiger partial charge in [0, 0.05) is 27.9 Å². The Morgan fingerprint density at radius 1 is 1.19 bits per heavy atom. The number of hydrogen-bond acceptors (Lipinski definition) is 4. The van der Waals surface area contributed by atoms with Crippen molar-refractivity contribution >= 4 is 34.2 Å². The molecule has 0 fully saturated rings. The predicted molar refractivity (Wildman–Crippen MR) is 115 cm³/mol. The Kier molecular flexibility index (Phi) is 6.28. The van der Waals surface area contributed by atoms with Gasteiger partial charge in [-0.2, -0.15) is 5.26 Å².